The van der Waals surface area contributed by atoms with Crippen LogP contribution < -0.4 is 11.5 Å². The minimum Gasteiger partial charge on any atom is -0.329 e. The Morgan fingerprint density at radius 1 is 0.609 bits per heavy atom. The average Bonchev–Trinajstić information content (AvgIpc) is 2.63. The highest BCUT2D eigenvalue weighted by Crippen LogP contribution is 2.35. The van der Waals surface area contributed by atoms with Gasteiger partial charge in [0, 0.05) is 18.5 Å². The molecule has 0 aromatic heterocycles. The molecule has 4 N–H and O–H groups in total. The number of nitrogens with two attached hydrogens (primary N) is 2. The maximum Gasteiger partial charge on any atom is 0.0422 e. The molecule has 0 aliphatic rings. The van der Waals surface area contributed by atoms with Crippen molar-refractivity contribution in [2.45, 2.75) is 12.0 Å². The predicted molar refractivity (Wildman–Crippen MR) is 96.3 cm³/mol. The zero-order valence-corrected chi connectivity index (χ0v) is 13.1. The smallest absolute Gasteiger partial charge is 0.0422 e. The summed E-state index contributed by atoms with van der Waals surface area (Å²) in [5.74, 6) is 0.159. The first kappa shape index (κ1) is 15.5. The van der Waals surface area contributed by atoms with E-state index >= 15 is 0 Å². The van der Waals surface area contributed by atoms with E-state index in [4.69, 9.17) is 11.5 Å². The highest BCUT2D eigenvalue weighted by Gasteiger charge is 2.21. The lowest BCUT2D eigenvalue weighted by molar-refractivity contribution is 0.721. The van der Waals surface area contributed by atoms with Crippen molar-refractivity contribution >= 4 is 0 Å². The normalized spacial score (nSPS) is 12.3. The van der Waals surface area contributed by atoms with Crippen LogP contribution in [0.3, 0.4) is 0 Å². The van der Waals surface area contributed by atoms with Crippen LogP contribution in [0.4, 0.5) is 0 Å². The van der Waals surface area contributed by atoms with E-state index in [-0.39, 0.29) is 12.0 Å². The van der Waals surface area contributed by atoms with Crippen LogP contribution in [0.2, 0.25) is 0 Å². The zero-order valence-electron chi connectivity index (χ0n) is 13.1. The highest BCUT2D eigenvalue weighted by atomic mass is 14.7. The van der Waals surface area contributed by atoms with Crippen LogP contribution in [0.15, 0.2) is 84.9 Å². The summed E-state index contributed by atoms with van der Waals surface area (Å²) in [6, 6.07) is 29.3. The van der Waals surface area contributed by atoms with Crippen molar-refractivity contribution in [1.29, 1.82) is 0 Å². The minimum atomic E-state index is -0.152. The van der Waals surface area contributed by atoms with Crippen LogP contribution in [0.25, 0.3) is 0 Å². The number of hydrogen-bond acceptors (Lipinski definition) is 2. The molecule has 3 rings (SSSR count). The molecule has 3 aromatic rings. The lowest BCUT2D eigenvalue weighted by Crippen LogP contribution is -2.23. The first-order valence-electron chi connectivity index (χ1n) is 7.95. The largest absolute Gasteiger partial charge is 0.329 e. The van der Waals surface area contributed by atoms with Gasteiger partial charge in [0.2, 0.25) is 0 Å². The van der Waals surface area contributed by atoms with Gasteiger partial charge < -0.3 is 11.5 Å². The molecule has 0 radical (unpaired) electrons. The van der Waals surface area contributed by atoms with Gasteiger partial charge in [0.1, 0.15) is 0 Å². The van der Waals surface area contributed by atoms with Crippen molar-refractivity contribution in [2.75, 3.05) is 6.54 Å². The van der Waals surface area contributed by atoms with E-state index in [1.807, 2.05) is 18.2 Å². The highest BCUT2D eigenvalue weighted by molar-refractivity contribution is 5.47. The summed E-state index contributed by atoms with van der Waals surface area (Å²) < 4.78 is 0. The summed E-state index contributed by atoms with van der Waals surface area (Å²) in [5.41, 5.74) is 17.0. The Bertz CT molecular complexity index is 699. The Morgan fingerprint density at radius 3 is 1.52 bits per heavy atom. The maximum atomic E-state index is 6.26. The van der Waals surface area contributed by atoms with Crippen LogP contribution in [0.1, 0.15) is 34.2 Å². The zero-order chi connectivity index (χ0) is 16.1. The second-order valence-electron chi connectivity index (χ2n) is 5.73. The summed E-state index contributed by atoms with van der Waals surface area (Å²) in [6.07, 6.45) is 0. The van der Waals surface area contributed by atoms with Crippen LogP contribution in [0, 0.1) is 0 Å². The van der Waals surface area contributed by atoms with Gasteiger partial charge in [0.25, 0.3) is 0 Å². The lowest BCUT2D eigenvalue weighted by atomic mass is 9.81. The van der Waals surface area contributed by atoms with Crippen molar-refractivity contribution in [3.05, 3.63) is 107 Å². The van der Waals surface area contributed by atoms with Crippen molar-refractivity contribution in [3.63, 3.8) is 0 Å². The van der Waals surface area contributed by atoms with Gasteiger partial charge in [-0.05, 0) is 22.3 Å². The molecular weight excluding hydrogens is 280 g/mol. The molecule has 0 heterocycles. The van der Waals surface area contributed by atoms with Crippen LogP contribution >= 0.6 is 0 Å². The van der Waals surface area contributed by atoms with Gasteiger partial charge in [-0.2, -0.15) is 0 Å². The molecule has 0 aliphatic heterocycles. The topological polar surface area (TPSA) is 52.0 Å². The molecule has 1 atom stereocenters. The molecule has 0 bridgehead atoms. The quantitative estimate of drug-likeness (QED) is 0.704. The monoisotopic (exact) mass is 302 g/mol. The first-order chi connectivity index (χ1) is 11.3. The molecule has 0 amide bonds. The molecule has 2 heteroatoms. The van der Waals surface area contributed by atoms with E-state index in [2.05, 4.69) is 66.7 Å². The number of hydrogen-bond donors (Lipinski definition) is 2. The van der Waals surface area contributed by atoms with E-state index < -0.39 is 0 Å². The Hall–Kier alpha value is -2.42. The molecule has 23 heavy (non-hydrogen) atoms. The third-order valence-corrected chi connectivity index (χ3v) is 4.23. The summed E-state index contributed by atoms with van der Waals surface area (Å²) in [4.78, 5) is 0. The summed E-state index contributed by atoms with van der Waals surface area (Å²) in [6.45, 7) is 0.438. The lowest BCUT2D eigenvalue weighted by Gasteiger charge is -2.24. The van der Waals surface area contributed by atoms with E-state index in [9.17, 15) is 0 Å². The second kappa shape index (κ2) is 7.23. The first-order valence-corrected chi connectivity index (χ1v) is 7.95. The molecule has 116 valence electrons. The van der Waals surface area contributed by atoms with Crippen molar-refractivity contribution in [3.8, 4) is 0 Å². The van der Waals surface area contributed by atoms with Crippen molar-refractivity contribution in [1.82, 2.24) is 0 Å². The van der Waals surface area contributed by atoms with E-state index in [1.165, 1.54) is 16.7 Å². The van der Waals surface area contributed by atoms with Crippen LogP contribution in [-0.2, 0) is 0 Å². The summed E-state index contributed by atoms with van der Waals surface area (Å²) >= 11 is 0. The van der Waals surface area contributed by atoms with Gasteiger partial charge in [-0.3, -0.25) is 0 Å². The van der Waals surface area contributed by atoms with Gasteiger partial charge in [-0.1, -0.05) is 84.9 Å². The fraction of sp³-hybridized carbons (Fsp3) is 0.143. The molecule has 0 aliphatic carbocycles. The fourth-order valence-corrected chi connectivity index (χ4v) is 3.08. The van der Waals surface area contributed by atoms with Gasteiger partial charge in [-0.15, -0.1) is 0 Å². The van der Waals surface area contributed by atoms with Crippen molar-refractivity contribution < 1.29 is 0 Å². The second-order valence-corrected chi connectivity index (χ2v) is 5.73. The fourth-order valence-electron chi connectivity index (χ4n) is 3.08. The summed E-state index contributed by atoms with van der Waals surface area (Å²) in [5, 5.41) is 0. The molecule has 0 saturated heterocycles. The van der Waals surface area contributed by atoms with Gasteiger partial charge in [0.05, 0.1) is 0 Å². The van der Waals surface area contributed by atoms with Gasteiger partial charge in [0.15, 0.2) is 0 Å². The SMILES string of the molecule is NCC(N)c1ccccc1C(c1ccccc1)c1ccccc1. The Kier molecular flexibility index (Phi) is 4.86. The Balaban J connectivity index is 2.18. The summed E-state index contributed by atoms with van der Waals surface area (Å²) in [7, 11) is 0. The number of rotatable bonds is 5. The number of benzene rings is 3. The van der Waals surface area contributed by atoms with Crippen LogP contribution in [-0.4, -0.2) is 6.54 Å². The third-order valence-electron chi connectivity index (χ3n) is 4.23. The molecule has 3 aromatic carbocycles. The molecule has 1 unspecified atom stereocenters. The predicted octanol–water partition coefficient (Wildman–Crippen LogP) is 3.83. The molecule has 2 nitrogen and oxygen atoms in total. The van der Waals surface area contributed by atoms with E-state index in [0.29, 0.717) is 6.54 Å². The molecular formula is C21H22N2. The Morgan fingerprint density at radius 2 is 1.04 bits per heavy atom. The minimum absolute atomic E-state index is 0.152. The third kappa shape index (κ3) is 3.34. The van der Waals surface area contributed by atoms with Crippen molar-refractivity contribution in [2.24, 2.45) is 11.5 Å². The van der Waals surface area contributed by atoms with Crippen LogP contribution in [0.5, 0.6) is 0 Å². The molecule has 0 fully saturated rings. The molecule has 0 spiro atoms. The van der Waals surface area contributed by atoms with Gasteiger partial charge >= 0.3 is 0 Å². The standard InChI is InChI=1S/C21H22N2/c22-15-20(23)18-13-7-8-14-19(18)21(16-9-3-1-4-10-16)17-11-5-2-6-12-17/h1-14,20-21H,15,22-23H2. The Labute approximate surface area is 137 Å². The van der Waals surface area contributed by atoms with E-state index in [1.54, 1.807) is 0 Å². The van der Waals surface area contributed by atoms with Gasteiger partial charge in [-0.25, -0.2) is 0 Å². The molecule has 0 saturated carbocycles. The maximum absolute atomic E-state index is 6.26. The van der Waals surface area contributed by atoms with E-state index in [0.717, 1.165) is 5.56 Å². The average molecular weight is 302 g/mol.